The molecule has 0 unspecified atom stereocenters. The van der Waals surface area contributed by atoms with Crippen molar-refractivity contribution in [2.75, 3.05) is 0 Å². The molecule has 0 saturated carbocycles. The minimum atomic E-state index is -0.759. The number of hydrogen-bond donors (Lipinski definition) is 0. The van der Waals surface area contributed by atoms with E-state index in [1.807, 2.05) is 36.4 Å². The van der Waals surface area contributed by atoms with Crippen LogP contribution in [0.2, 0.25) is 0 Å². The van der Waals surface area contributed by atoms with Gasteiger partial charge in [0.15, 0.2) is 0 Å². The fraction of sp³-hybridized carbons (Fsp3) is 0.217. The Balaban J connectivity index is 0.00000392. The molecule has 0 aliphatic heterocycles. The van der Waals surface area contributed by atoms with Crippen LogP contribution in [0.5, 0.6) is 5.75 Å². The number of nitrogens with zero attached hydrogens (tertiary/aromatic N) is 2. The second-order valence-corrected chi connectivity index (χ2v) is 6.83. The summed E-state index contributed by atoms with van der Waals surface area (Å²) in [6.45, 7) is 11.3. The van der Waals surface area contributed by atoms with E-state index >= 15 is 0 Å². The number of carbonyl (C=O) groups is 1. The van der Waals surface area contributed by atoms with Crippen LogP contribution in [0.3, 0.4) is 0 Å². The van der Waals surface area contributed by atoms with Crippen LogP contribution in [0.15, 0.2) is 42.5 Å². The predicted octanol–water partition coefficient (Wildman–Crippen LogP) is 2.00. The van der Waals surface area contributed by atoms with Crippen molar-refractivity contribution < 1.29 is 33.1 Å². The fourth-order valence-corrected chi connectivity index (χ4v) is 2.43. The maximum absolute atomic E-state index is 12.8. The minimum Gasteiger partial charge on any atom is -0.879 e. The van der Waals surface area contributed by atoms with Crippen LogP contribution in [0.1, 0.15) is 47.8 Å². The predicted molar refractivity (Wildman–Crippen MR) is 111 cm³/mol. The van der Waals surface area contributed by atoms with Gasteiger partial charge >= 0.3 is 24.8 Å². The summed E-state index contributed by atoms with van der Waals surface area (Å²) in [7, 11) is 0. The third kappa shape index (κ3) is 6.95. The summed E-state index contributed by atoms with van der Waals surface area (Å²) in [5.41, 5.74) is 0.237. The summed E-state index contributed by atoms with van der Waals surface area (Å²) in [5.74, 6) is -0.477. The van der Waals surface area contributed by atoms with Crippen LogP contribution in [0, 0.1) is 25.3 Å². The van der Waals surface area contributed by atoms with Gasteiger partial charge in [0.1, 0.15) is 18.0 Å². The quantitative estimate of drug-likeness (QED) is 0.331. The molecule has 0 amide bonds. The summed E-state index contributed by atoms with van der Waals surface area (Å²) in [5, 5.41) is 18.7. The molecule has 0 bridgehead atoms. The van der Waals surface area contributed by atoms with Crippen molar-refractivity contribution >= 4 is 17.8 Å². The first-order valence-electron chi connectivity index (χ1n) is 8.34. The van der Waals surface area contributed by atoms with Crippen LogP contribution in [-0.2, 0) is 11.3 Å². The standard InChI is InChI=1S/C22H20N2O3.CH3.Li/c1-15(12-23)19-17(13-24)10-11-18(20(19)21(25)27-22(2,3)4)26-14-16-8-6-5-7-9-16;;/h1,5-12H,14H2,2-4H3;1H3;/q-2;-1;+1. The van der Waals surface area contributed by atoms with Crippen molar-refractivity contribution in [2.24, 2.45) is 0 Å². The average molecular weight is 382 g/mol. The number of carbonyl (C=O) groups excluding carboxylic acids is 1. The van der Waals surface area contributed by atoms with Crippen LogP contribution in [0.25, 0.3) is 11.0 Å². The van der Waals surface area contributed by atoms with E-state index in [-0.39, 0.29) is 60.9 Å². The molecule has 2 rings (SSSR count). The molecule has 0 aliphatic rings. The average Bonchev–Trinajstić information content (AvgIpc) is 2.64. The van der Waals surface area contributed by atoms with Gasteiger partial charge in [-0.05, 0) is 32.4 Å². The molecule has 0 atom stereocenters. The first-order valence-corrected chi connectivity index (χ1v) is 8.34. The SMILES string of the molecule is [CH-]=C(C=[N-])c1c(C#N)ccc(OCc2ccccc2)c1C(=O)OC(C)(C)C.[CH3-].[Li+]. The minimum absolute atomic E-state index is 0. The molecule has 146 valence electrons. The van der Waals surface area contributed by atoms with Crippen molar-refractivity contribution in [1.29, 1.82) is 5.26 Å². The Morgan fingerprint density at radius 1 is 1.17 bits per heavy atom. The van der Waals surface area contributed by atoms with E-state index in [1.165, 1.54) is 12.1 Å². The zero-order chi connectivity index (χ0) is 20.0. The first-order chi connectivity index (χ1) is 12.8. The van der Waals surface area contributed by atoms with E-state index in [4.69, 9.17) is 16.1 Å². The Kier molecular flexibility index (Phi) is 10.2. The van der Waals surface area contributed by atoms with Gasteiger partial charge in [-0.15, -0.1) is 0 Å². The van der Waals surface area contributed by atoms with Gasteiger partial charge in [-0.2, -0.15) is 5.26 Å². The van der Waals surface area contributed by atoms with Crippen LogP contribution < -0.4 is 23.6 Å². The summed E-state index contributed by atoms with van der Waals surface area (Å²) in [6.07, 6.45) is 0.644. The van der Waals surface area contributed by atoms with Gasteiger partial charge in [0.25, 0.3) is 0 Å². The summed E-state index contributed by atoms with van der Waals surface area (Å²) in [6, 6.07) is 14.4. The molecule has 0 aliphatic carbocycles. The van der Waals surface area contributed by atoms with Gasteiger partial charge in [-0.25, -0.2) is 16.9 Å². The summed E-state index contributed by atoms with van der Waals surface area (Å²) < 4.78 is 11.3. The van der Waals surface area contributed by atoms with Gasteiger partial charge < -0.3 is 28.5 Å². The number of esters is 1. The normalized spacial score (nSPS) is 9.86. The Morgan fingerprint density at radius 2 is 1.79 bits per heavy atom. The molecule has 0 heterocycles. The Labute approximate surface area is 185 Å². The zero-order valence-corrected chi connectivity index (χ0v) is 17.5. The molecular weight excluding hydrogens is 359 g/mol. The molecule has 2 aromatic carbocycles. The number of hydrogen-bond acceptors (Lipinski definition) is 4. The third-order valence-electron chi connectivity index (χ3n) is 3.56. The van der Waals surface area contributed by atoms with Crippen LogP contribution in [-0.4, -0.2) is 17.8 Å². The monoisotopic (exact) mass is 382 g/mol. The Hall–Kier alpha value is -2.79. The topological polar surface area (TPSA) is 81.6 Å². The van der Waals surface area contributed by atoms with Crippen molar-refractivity contribution in [2.45, 2.75) is 33.0 Å². The van der Waals surface area contributed by atoms with E-state index in [2.05, 4.69) is 0 Å². The molecule has 0 N–H and O–H groups in total. The zero-order valence-electron chi connectivity index (χ0n) is 17.5. The van der Waals surface area contributed by atoms with Crippen LogP contribution in [0.4, 0.5) is 0 Å². The van der Waals surface area contributed by atoms with Crippen molar-refractivity contribution in [3.63, 3.8) is 0 Å². The number of allylic oxidation sites excluding steroid dienone is 1. The molecule has 29 heavy (non-hydrogen) atoms. The van der Waals surface area contributed by atoms with E-state index in [9.17, 15) is 15.5 Å². The molecule has 0 spiro atoms. The van der Waals surface area contributed by atoms with Gasteiger partial charge in [0.2, 0.25) is 0 Å². The maximum atomic E-state index is 12.8. The van der Waals surface area contributed by atoms with Gasteiger partial charge in [0, 0.05) is 5.56 Å². The van der Waals surface area contributed by atoms with E-state index < -0.39 is 11.6 Å². The first kappa shape index (κ1) is 26.2. The summed E-state index contributed by atoms with van der Waals surface area (Å²) in [4.78, 5) is 12.8. The molecule has 0 radical (unpaired) electrons. The number of nitriles is 1. The van der Waals surface area contributed by atoms with Crippen molar-refractivity contribution in [3.8, 4) is 11.8 Å². The van der Waals surface area contributed by atoms with E-state index in [1.54, 1.807) is 20.8 Å². The molecule has 0 saturated heterocycles. The van der Waals surface area contributed by atoms with E-state index in [0.717, 1.165) is 5.56 Å². The van der Waals surface area contributed by atoms with Gasteiger partial charge in [0.05, 0.1) is 11.6 Å². The fourth-order valence-electron chi connectivity index (χ4n) is 2.43. The molecule has 2 aromatic rings. The third-order valence-corrected chi connectivity index (χ3v) is 3.56. The van der Waals surface area contributed by atoms with E-state index in [0.29, 0.717) is 6.21 Å². The molecular formula is C23H23LiN2O3-2. The Morgan fingerprint density at radius 3 is 2.31 bits per heavy atom. The molecule has 5 nitrogen and oxygen atoms in total. The number of benzene rings is 2. The molecule has 0 aromatic heterocycles. The van der Waals surface area contributed by atoms with Gasteiger partial charge in [-0.1, -0.05) is 42.0 Å². The van der Waals surface area contributed by atoms with Crippen LogP contribution >= 0.6 is 0 Å². The van der Waals surface area contributed by atoms with Crippen molar-refractivity contribution in [1.82, 2.24) is 0 Å². The number of rotatable bonds is 6. The summed E-state index contributed by atoms with van der Waals surface area (Å²) >= 11 is 0. The Bertz CT molecular complexity index is 910. The number of ether oxygens (including phenoxy) is 2. The van der Waals surface area contributed by atoms with Crippen molar-refractivity contribution in [3.05, 3.63) is 84.1 Å². The molecule has 0 fully saturated rings. The second kappa shape index (κ2) is 11.3. The smallest absolute Gasteiger partial charge is 0.879 e. The largest absolute Gasteiger partial charge is 1.00 e. The second-order valence-electron chi connectivity index (χ2n) is 6.83. The van der Waals surface area contributed by atoms with Gasteiger partial charge in [-0.3, -0.25) is 0 Å². The molecule has 6 heteroatoms. The maximum Gasteiger partial charge on any atom is 1.00 e.